The smallest absolute Gasteiger partial charge is 0.419 e. The number of nitrogens with zero attached hydrogens (tertiary/aromatic N) is 3. The number of nitrogens with one attached hydrogen (secondary N) is 1. The summed E-state index contributed by atoms with van der Waals surface area (Å²) in [6.45, 7) is 9.55. The fourth-order valence-corrected chi connectivity index (χ4v) is 6.78. The van der Waals surface area contributed by atoms with Crippen LogP contribution in [0.2, 0.25) is 0 Å². The molecule has 0 fully saturated rings. The van der Waals surface area contributed by atoms with Gasteiger partial charge in [0.25, 0.3) is 5.91 Å². The largest absolute Gasteiger partial charge is 0.501 e. The number of hydrogen-bond donors (Lipinski definition) is 1. The fourth-order valence-electron chi connectivity index (χ4n) is 6.28. The molecule has 1 amide bonds. The highest BCUT2D eigenvalue weighted by molar-refractivity contribution is 7.92. The Labute approximate surface area is 313 Å². The number of rotatable bonds is 9. The SMILES string of the molecule is CCOC=Cc1ccc(-c2cc3c(C(=O)NC)c(-c4ccc(F)cc4)oc3cc2N(C)S(C)(=O)=O)nc1-c1c(C)c2ccccc2n1C(=O)OC(C)(C)C. The molecule has 3 aromatic carbocycles. The van der Waals surface area contributed by atoms with Crippen LogP contribution in [0.3, 0.4) is 0 Å². The lowest BCUT2D eigenvalue weighted by molar-refractivity contribution is 0.0546. The molecule has 0 aliphatic rings. The number of carbonyl (C=O) groups excluding carboxylic acids is 2. The van der Waals surface area contributed by atoms with E-state index >= 15 is 0 Å². The van der Waals surface area contributed by atoms with Gasteiger partial charge in [-0.05, 0) is 88.7 Å². The topological polar surface area (TPSA) is 133 Å². The number of ether oxygens (including phenoxy) is 2. The van der Waals surface area contributed by atoms with Crippen molar-refractivity contribution in [1.29, 1.82) is 0 Å². The van der Waals surface area contributed by atoms with Gasteiger partial charge in [-0.2, -0.15) is 0 Å². The third kappa shape index (κ3) is 7.19. The van der Waals surface area contributed by atoms with Crippen LogP contribution in [0, 0.1) is 12.7 Å². The van der Waals surface area contributed by atoms with Crippen LogP contribution >= 0.6 is 0 Å². The zero-order valence-corrected chi connectivity index (χ0v) is 32.1. The van der Waals surface area contributed by atoms with E-state index in [-0.39, 0.29) is 22.6 Å². The van der Waals surface area contributed by atoms with E-state index < -0.39 is 33.4 Å². The second kappa shape index (κ2) is 14.5. The van der Waals surface area contributed by atoms with Crippen molar-refractivity contribution in [2.75, 3.05) is 31.3 Å². The van der Waals surface area contributed by atoms with Gasteiger partial charge >= 0.3 is 6.09 Å². The van der Waals surface area contributed by atoms with E-state index in [2.05, 4.69) is 5.32 Å². The Kier molecular flexibility index (Phi) is 10.1. The van der Waals surface area contributed by atoms with Crippen molar-refractivity contribution in [3.8, 4) is 34.0 Å². The number of sulfonamides is 1. The lowest BCUT2D eigenvalue weighted by atomic mass is 9.99. The minimum atomic E-state index is -3.83. The molecule has 0 bridgehead atoms. The second-order valence-corrected chi connectivity index (χ2v) is 15.7. The standard InChI is InChI=1S/C41H41FN4O7S/c1-9-51-21-20-25-16-19-31(44-36(25)37-24(2)28-12-10-11-13-32(28)46(37)40(48)53-41(3,4)5)29-22-30-34(23-33(29)45(7)54(8,49)50)52-38(35(30)39(47)43-6)26-14-17-27(42)18-15-26/h10-23H,9H2,1-8H3,(H,43,47). The molecule has 0 aliphatic heterocycles. The Morgan fingerprint density at radius 1 is 1.04 bits per heavy atom. The van der Waals surface area contributed by atoms with Crippen LogP contribution in [0.15, 0.2) is 83.5 Å². The summed E-state index contributed by atoms with van der Waals surface area (Å²) in [5.74, 6) is -0.749. The van der Waals surface area contributed by atoms with Crippen LogP contribution in [0.4, 0.5) is 14.9 Å². The van der Waals surface area contributed by atoms with E-state index in [1.54, 1.807) is 57.4 Å². The molecule has 13 heteroatoms. The van der Waals surface area contributed by atoms with E-state index in [9.17, 15) is 22.4 Å². The van der Waals surface area contributed by atoms with Crippen molar-refractivity contribution in [1.82, 2.24) is 14.9 Å². The zero-order valence-electron chi connectivity index (χ0n) is 31.3. The number of hydrogen-bond acceptors (Lipinski definition) is 8. The maximum absolute atomic E-state index is 14.0. The van der Waals surface area contributed by atoms with Crippen LogP contribution in [0.5, 0.6) is 0 Å². The molecule has 3 heterocycles. The highest BCUT2D eigenvalue weighted by Crippen LogP contribution is 2.43. The monoisotopic (exact) mass is 752 g/mol. The van der Waals surface area contributed by atoms with Crippen molar-refractivity contribution >= 4 is 55.7 Å². The van der Waals surface area contributed by atoms with Gasteiger partial charge in [-0.3, -0.25) is 9.10 Å². The molecule has 0 spiro atoms. The van der Waals surface area contributed by atoms with Crippen molar-refractivity contribution < 1.29 is 36.3 Å². The molecule has 0 saturated carbocycles. The van der Waals surface area contributed by atoms with Gasteiger partial charge < -0.3 is 19.2 Å². The van der Waals surface area contributed by atoms with Gasteiger partial charge in [0.1, 0.15) is 22.8 Å². The molecular weight excluding hydrogens is 712 g/mol. The summed E-state index contributed by atoms with van der Waals surface area (Å²) in [6.07, 6.45) is 3.76. The maximum Gasteiger partial charge on any atom is 0.419 e. The average Bonchev–Trinajstić information content (AvgIpc) is 3.64. The summed E-state index contributed by atoms with van der Waals surface area (Å²) >= 11 is 0. The second-order valence-electron chi connectivity index (χ2n) is 13.7. The molecule has 6 rings (SSSR count). The third-order valence-electron chi connectivity index (χ3n) is 8.84. The summed E-state index contributed by atoms with van der Waals surface area (Å²) < 4.78 is 60.4. The number of para-hydroxylation sites is 1. The molecule has 0 atom stereocenters. The molecule has 11 nitrogen and oxygen atoms in total. The lowest BCUT2D eigenvalue weighted by Crippen LogP contribution is -2.27. The predicted molar refractivity (Wildman–Crippen MR) is 209 cm³/mol. The van der Waals surface area contributed by atoms with Crippen LogP contribution in [-0.4, -0.2) is 62.5 Å². The number of anilines is 1. The Morgan fingerprint density at radius 3 is 2.39 bits per heavy atom. The van der Waals surface area contributed by atoms with Gasteiger partial charge in [-0.15, -0.1) is 0 Å². The normalized spacial score (nSPS) is 12.1. The van der Waals surface area contributed by atoms with E-state index in [4.69, 9.17) is 18.9 Å². The maximum atomic E-state index is 14.0. The van der Waals surface area contributed by atoms with Crippen LogP contribution in [-0.2, 0) is 19.5 Å². The Hall–Kier alpha value is -5.95. The highest BCUT2D eigenvalue weighted by atomic mass is 32.2. The quantitative estimate of drug-likeness (QED) is 0.145. The Morgan fingerprint density at radius 2 is 1.74 bits per heavy atom. The molecule has 0 aliphatic carbocycles. The summed E-state index contributed by atoms with van der Waals surface area (Å²) in [5, 5.41) is 3.84. The molecular formula is C41H41FN4O7S. The lowest BCUT2D eigenvalue weighted by Gasteiger charge is -2.22. The number of halogens is 1. The first-order valence-electron chi connectivity index (χ1n) is 17.2. The Bertz CT molecular complexity index is 2560. The highest BCUT2D eigenvalue weighted by Gasteiger charge is 2.29. The summed E-state index contributed by atoms with van der Waals surface area (Å²) in [6, 6.07) is 19.7. The van der Waals surface area contributed by atoms with E-state index in [1.165, 1.54) is 42.9 Å². The average molecular weight is 753 g/mol. The van der Waals surface area contributed by atoms with E-state index in [0.29, 0.717) is 51.3 Å². The van der Waals surface area contributed by atoms with Crippen LogP contribution < -0.4 is 9.62 Å². The summed E-state index contributed by atoms with van der Waals surface area (Å²) in [7, 11) is -0.937. The molecule has 280 valence electrons. The molecule has 1 N–H and O–H groups in total. The van der Waals surface area contributed by atoms with Gasteiger partial charge in [0.2, 0.25) is 10.0 Å². The Balaban J connectivity index is 1.70. The van der Waals surface area contributed by atoms with Gasteiger partial charge in [-0.25, -0.2) is 27.2 Å². The number of aromatic nitrogens is 2. The van der Waals surface area contributed by atoms with Crippen LogP contribution in [0.1, 0.15) is 49.2 Å². The minimum Gasteiger partial charge on any atom is -0.501 e. The zero-order chi connectivity index (χ0) is 39.1. The third-order valence-corrected chi connectivity index (χ3v) is 10.0. The molecule has 6 aromatic rings. The molecule has 0 saturated heterocycles. The van der Waals surface area contributed by atoms with Crippen molar-refractivity contribution in [2.24, 2.45) is 0 Å². The van der Waals surface area contributed by atoms with Gasteiger partial charge in [-0.1, -0.05) is 24.3 Å². The fraction of sp³-hybridized carbons (Fsp3) is 0.244. The van der Waals surface area contributed by atoms with E-state index in [1.807, 2.05) is 38.1 Å². The van der Waals surface area contributed by atoms with Gasteiger partial charge in [0.15, 0.2) is 0 Å². The molecule has 3 aromatic heterocycles. The molecule has 0 radical (unpaired) electrons. The molecule has 0 unspecified atom stereocenters. The number of carbonyl (C=O) groups is 2. The van der Waals surface area contributed by atoms with E-state index in [0.717, 1.165) is 21.5 Å². The van der Waals surface area contributed by atoms with Crippen molar-refractivity contribution in [3.63, 3.8) is 0 Å². The predicted octanol–water partition coefficient (Wildman–Crippen LogP) is 8.78. The van der Waals surface area contributed by atoms with Crippen LogP contribution in [0.25, 0.3) is 61.9 Å². The number of benzene rings is 3. The van der Waals surface area contributed by atoms with Gasteiger partial charge in [0, 0.05) is 47.6 Å². The minimum absolute atomic E-state index is 0.173. The first-order chi connectivity index (χ1) is 25.5. The van der Waals surface area contributed by atoms with Crippen molar-refractivity contribution in [2.45, 2.75) is 40.2 Å². The first-order valence-corrected chi connectivity index (χ1v) is 19.0. The first kappa shape index (κ1) is 37.8. The van der Waals surface area contributed by atoms with Crippen molar-refractivity contribution in [3.05, 3.63) is 102 Å². The number of pyridine rings is 1. The summed E-state index contributed by atoms with van der Waals surface area (Å²) in [4.78, 5) is 32.6. The number of fused-ring (bicyclic) bond motifs is 2. The number of furan rings is 1. The number of aryl methyl sites for hydroxylation is 1. The molecule has 54 heavy (non-hydrogen) atoms. The summed E-state index contributed by atoms with van der Waals surface area (Å²) in [5.41, 5.74) is 3.78. The van der Waals surface area contributed by atoms with Gasteiger partial charge in [0.05, 0.1) is 53.0 Å². The number of amides is 1.